The van der Waals surface area contributed by atoms with Crippen LogP contribution in [0, 0.1) is 5.92 Å². The molecule has 2 aromatic carbocycles. The average molecular weight is 435 g/mol. The maximum absolute atomic E-state index is 12.7. The van der Waals surface area contributed by atoms with Gasteiger partial charge in [-0.1, -0.05) is 30.3 Å². The fourth-order valence-electron chi connectivity index (χ4n) is 4.48. The van der Waals surface area contributed by atoms with E-state index in [1.165, 1.54) is 0 Å². The number of carbonyl (C=O) groups excluding carboxylic acids is 2. The molecule has 1 fully saturated rings. The van der Waals surface area contributed by atoms with Crippen LogP contribution in [0.1, 0.15) is 29.9 Å². The second kappa shape index (κ2) is 9.87. The Labute approximate surface area is 187 Å². The predicted octanol–water partition coefficient (Wildman–Crippen LogP) is 2.62. The van der Waals surface area contributed by atoms with Crippen molar-refractivity contribution in [2.24, 2.45) is 11.7 Å². The zero-order chi connectivity index (χ0) is 22.5. The third-order valence-electron chi connectivity index (χ3n) is 6.38. The maximum Gasteiger partial charge on any atom is 0.234 e. The van der Waals surface area contributed by atoms with Crippen molar-refractivity contribution in [3.63, 3.8) is 0 Å². The smallest absolute Gasteiger partial charge is 0.234 e. The number of carbonyl (C=O) groups is 2. The molecule has 1 aliphatic heterocycles. The average Bonchev–Trinajstić information content (AvgIpc) is 3.24. The lowest BCUT2D eigenvalue weighted by atomic mass is 9.90. The van der Waals surface area contributed by atoms with Crippen molar-refractivity contribution in [2.75, 3.05) is 33.3 Å². The lowest BCUT2D eigenvalue weighted by Gasteiger charge is -2.30. The van der Waals surface area contributed by atoms with Gasteiger partial charge in [-0.2, -0.15) is 0 Å². The quantitative estimate of drug-likeness (QED) is 0.507. The minimum Gasteiger partial charge on any atom is -0.497 e. The van der Waals surface area contributed by atoms with E-state index in [9.17, 15) is 9.59 Å². The number of likely N-dealkylation sites (tertiary alicyclic amines) is 1. The lowest BCUT2D eigenvalue weighted by Crippen LogP contribution is -2.44. The first-order valence-corrected chi connectivity index (χ1v) is 11.0. The Morgan fingerprint density at radius 1 is 1.16 bits per heavy atom. The van der Waals surface area contributed by atoms with E-state index in [1.807, 2.05) is 42.6 Å². The van der Waals surface area contributed by atoms with Crippen LogP contribution in [-0.4, -0.2) is 55.0 Å². The highest BCUT2D eigenvalue weighted by atomic mass is 16.5. The molecule has 1 aliphatic rings. The fourth-order valence-corrected chi connectivity index (χ4v) is 4.48. The van der Waals surface area contributed by atoms with Crippen LogP contribution >= 0.6 is 0 Å². The molecular weight excluding hydrogens is 404 g/mol. The van der Waals surface area contributed by atoms with Crippen LogP contribution < -0.4 is 15.8 Å². The highest BCUT2D eigenvalue weighted by Gasteiger charge is 2.25. The standard InChI is InChI=1S/C25H30N4O3/c1-32-19-8-6-17(7-9-19)21(22-15-27-23-5-3-2-4-20(22)23)14-28-24(30)16-29-12-10-18(11-13-29)25(26)31/h2-9,15,18,21,27H,10-14,16H2,1H3,(H2,26,31)(H,28,30). The summed E-state index contributed by atoms with van der Waals surface area (Å²) in [5.41, 5.74) is 8.74. The molecule has 168 valence electrons. The van der Waals surface area contributed by atoms with E-state index in [2.05, 4.69) is 27.3 Å². The lowest BCUT2D eigenvalue weighted by molar-refractivity contribution is -0.124. The Bertz CT molecular complexity index is 1070. The third kappa shape index (κ3) is 4.94. The van der Waals surface area contributed by atoms with Gasteiger partial charge in [-0.25, -0.2) is 0 Å². The highest BCUT2D eigenvalue weighted by Crippen LogP contribution is 2.31. The summed E-state index contributed by atoms with van der Waals surface area (Å²) in [6, 6.07) is 16.2. The number of aromatic amines is 1. The van der Waals surface area contributed by atoms with E-state index in [0.717, 1.165) is 27.8 Å². The number of amides is 2. The summed E-state index contributed by atoms with van der Waals surface area (Å²) in [7, 11) is 1.65. The zero-order valence-corrected chi connectivity index (χ0v) is 18.3. The maximum atomic E-state index is 12.7. The van der Waals surface area contributed by atoms with Crippen LogP contribution in [0.25, 0.3) is 10.9 Å². The molecule has 7 nitrogen and oxygen atoms in total. The second-order valence-corrected chi connectivity index (χ2v) is 8.37. The molecule has 0 radical (unpaired) electrons. The molecule has 1 aromatic heterocycles. The number of H-pyrrole nitrogens is 1. The molecule has 0 spiro atoms. The Balaban J connectivity index is 1.46. The topological polar surface area (TPSA) is 100 Å². The van der Waals surface area contributed by atoms with E-state index in [4.69, 9.17) is 10.5 Å². The number of nitrogens with two attached hydrogens (primary N) is 1. The molecule has 1 unspecified atom stereocenters. The van der Waals surface area contributed by atoms with Crippen molar-refractivity contribution >= 4 is 22.7 Å². The first-order chi connectivity index (χ1) is 15.5. The van der Waals surface area contributed by atoms with Gasteiger partial charge in [0.05, 0.1) is 13.7 Å². The van der Waals surface area contributed by atoms with Gasteiger partial charge >= 0.3 is 0 Å². The number of hydrogen-bond donors (Lipinski definition) is 3. The number of nitrogens with zero attached hydrogens (tertiary/aromatic N) is 1. The number of rotatable bonds is 8. The Kier molecular flexibility index (Phi) is 6.75. The fraction of sp³-hybridized carbons (Fsp3) is 0.360. The van der Waals surface area contributed by atoms with Crippen LogP contribution in [0.5, 0.6) is 5.75 Å². The summed E-state index contributed by atoms with van der Waals surface area (Å²) in [6.07, 6.45) is 3.46. The number of ether oxygens (including phenoxy) is 1. The summed E-state index contributed by atoms with van der Waals surface area (Å²) in [4.78, 5) is 29.5. The minimum absolute atomic E-state index is 0.00149. The van der Waals surface area contributed by atoms with Gasteiger partial charge < -0.3 is 20.8 Å². The predicted molar refractivity (Wildman–Crippen MR) is 125 cm³/mol. The molecule has 4 N–H and O–H groups in total. The largest absolute Gasteiger partial charge is 0.497 e. The minimum atomic E-state index is -0.241. The molecule has 0 aliphatic carbocycles. The van der Waals surface area contributed by atoms with Crippen LogP contribution in [0.2, 0.25) is 0 Å². The highest BCUT2D eigenvalue weighted by molar-refractivity contribution is 5.84. The number of para-hydroxylation sites is 1. The molecule has 32 heavy (non-hydrogen) atoms. The molecule has 7 heteroatoms. The molecule has 3 aromatic rings. The summed E-state index contributed by atoms with van der Waals surface area (Å²) >= 11 is 0. The van der Waals surface area contributed by atoms with Crippen molar-refractivity contribution in [1.29, 1.82) is 0 Å². The van der Waals surface area contributed by atoms with E-state index < -0.39 is 0 Å². The Morgan fingerprint density at radius 3 is 2.56 bits per heavy atom. The number of hydrogen-bond acceptors (Lipinski definition) is 4. The molecular formula is C25H30N4O3. The molecule has 1 atom stereocenters. The molecule has 0 bridgehead atoms. The summed E-state index contributed by atoms with van der Waals surface area (Å²) in [5.74, 6) is 0.475. The van der Waals surface area contributed by atoms with Gasteiger partial charge in [0.1, 0.15) is 5.75 Å². The molecule has 4 rings (SSSR count). The zero-order valence-electron chi connectivity index (χ0n) is 18.3. The first kappa shape index (κ1) is 21.9. The van der Waals surface area contributed by atoms with Gasteiger partial charge in [0.2, 0.25) is 11.8 Å². The van der Waals surface area contributed by atoms with Crippen molar-refractivity contribution < 1.29 is 14.3 Å². The van der Waals surface area contributed by atoms with Gasteiger partial charge in [-0.05, 0) is 55.3 Å². The van der Waals surface area contributed by atoms with Crippen molar-refractivity contribution in [2.45, 2.75) is 18.8 Å². The number of aromatic nitrogens is 1. The van der Waals surface area contributed by atoms with Gasteiger partial charge in [0, 0.05) is 35.5 Å². The van der Waals surface area contributed by atoms with E-state index in [0.29, 0.717) is 39.0 Å². The number of methoxy groups -OCH3 is 1. The summed E-state index contributed by atoms with van der Waals surface area (Å²) in [5, 5.41) is 4.28. The Hall–Kier alpha value is -3.32. The van der Waals surface area contributed by atoms with Gasteiger partial charge in [-0.3, -0.25) is 14.5 Å². The number of nitrogens with one attached hydrogen (secondary N) is 2. The van der Waals surface area contributed by atoms with Crippen molar-refractivity contribution in [1.82, 2.24) is 15.2 Å². The molecule has 1 saturated heterocycles. The SMILES string of the molecule is COc1ccc(C(CNC(=O)CN2CCC(C(N)=O)CC2)c2c[nH]c3ccccc23)cc1. The van der Waals surface area contributed by atoms with Gasteiger partial charge in [0.15, 0.2) is 0 Å². The van der Waals surface area contributed by atoms with Crippen molar-refractivity contribution in [3.05, 3.63) is 65.9 Å². The summed E-state index contributed by atoms with van der Waals surface area (Å²) in [6.45, 7) is 2.25. The van der Waals surface area contributed by atoms with E-state index in [1.54, 1.807) is 7.11 Å². The number of fused-ring (bicyclic) bond motifs is 1. The van der Waals surface area contributed by atoms with Crippen LogP contribution in [0.15, 0.2) is 54.7 Å². The molecule has 2 amide bonds. The second-order valence-electron chi connectivity index (χ2n) is 8.37. The van der Waals surface area contributed by atoms with E-state index in [-0.39, 0.29) is 23.7 Å². The van der Waals surface area contributed by atoms with Gasteiger partial charge in [-0.15, -0.1) is 0 Å². The Morgan fingerprint density at radius 2 is 1.88 bits per heavy atom. The molecule has 0 saturated carbocycles. The van der Waals surface area contributed by atoms with Crippen LogP contribution in [0.3, 0.4) is 0 Å². The number of primary amides is 1. The normalized spacial score (nSPS) is 16.0. The van der Waals surface area contributed by atoms with Crippen LogP contribution in [-0.2, 0) is 9.59 Å². The number of benzene rings is 2. The van der Waals surface area contributed by atoms with E-state index >= 15 is 0 Å². The first-order valence-electron chi connectivity index (χ1n) is 11.0. The third-order valence-corrected chi connectivity index (χ3v) is 6.38. The van der Waals surface area contributed by atoms with Crippen LogP contribution in [0.4, 0.5) is 0 Å². The monoisotopic (exact) mass is 434 g/mol. The van der Waals surface area contributed by atoms with Gasteiger partial charge in [0.25, 0.3) is 0 Å². The molecule has 2 heterocycles. The number of piperidine rings is 1. The summed E-state index contributed by atoms with van der Waals surface area (Å²) < 4.78 is 5.30. The van der Waals surface area contributed by atoms with Crippen molar-refractivity contribution in [3.8, 4) is 5.75 Å².